The molecule has 1 saturated heterocycles. The average Bonchev–Trinajstić information content (AvgIpc) is 3.46. The van der Waals surface area contributed by atoms with E-state index in [-0.39, 0.29) is 11.5 Å². The SMILES string of the molecule is COc1ccc(C=C2SC(=S)N(CCc3ccc(C(=O)O)cc3)C2=O)cc1-c1ccc2occc2c1. The van der Waals surface area contributed by atoms with Crippen molar-refractivity contribution in [1.29, 1.82) is 0 Å². The molecule has 1 aliphatic heterocycles. The van der Waals surface area contributed by atoms with Gasteiger partial charge in [0, 0.05) is 17.5 Å². The fourth-order valence-electron chi connectivity index (χ4n) is 4.07. The summed E-state index contributed by atoms with van der Waals surface area (Å²) < 4.78 is 11.5. The largest absolute Gasteiger partial charge is 0.496 e. The molecular weight excluding hydrogens is 494 g/mol. The van der Waals surface area contributed by atoms with Crippen LogP contribution in [0.25, 0.3) is 28.2 Å². The van der Waals surface area contributed by atoms with Crippen molar-refractivity contribution in [3.05, 3.63) is 94.6 Å². The maximum absolute atomic E-state index is 13.1. The van der Waals surface area contributed by atoms with Gasteiger partial charge < -0.3 is 14.3 Å². The van der Waals surface area contributed by atoms with Crippen molar-refractivity contribution in [2.45, 2.75) is 6.42 Å². The molecule has 0 spiro atoms. The summed E-state index contributed by atoms with van der Waals surface area (Å²) in [6.07, 6.45) is 4.08. The van der Waals surface area contributed by atoms with Gasteiger partial charge in [-0.05, 0) is 71.7 Å². The number of thioether (sulfide) groups is 1. The molecule has 1 N–H and O–H groups in total. The second kappa shape index (κ2) is 10.0. The van der Waals surface area contributed by atoms with Crippen LogP contribution in [0.2, 0.25) is 0 Å². The van der Waals surface area contributed by atoms with E-state index in [9.17, 15) is 9.59 Å². The first kappa shape index (κ1) is 23.8. The maximum atomic E-state index is 13.1. The molecule has 0 aliphatic carbocycles. The van der Waals surface area contributed by atoms with Crippen LogP contribution in [0.4, 0.5) is 0 Å². The number of methoxy groups -OCH3 is 1. The summed E-state index contributed by atoms with van der Waals surface area (Å²) in [6, 6.07) is 20.3. The van der Waals surface area contributed by atoms with E-state index in [0.29, 0.717) is 22.2 Å². The van der Waals surface area contributed by atoms with Crippen molar-refractivity contribution in [3.8, 4) is 16.9 Å². The number of amides is 1. The summed E-state index contributed by atoms with van der Waals surface area (Å²) in [6.45, 7) is 0.424. The third kappa shape index (κ3) is 4.78. The topological polar surface area (TPSA) is 80.0 Å². The minimum absolute atomic E-state index is 0.135. The smallest absolute Gasteiger partial charge is 0.335 e. The fraction of sp³-hybridized carbons (Fsp3) is 0.107. The van der Waals surface area contributed by atoms with Crippen LogP contribution in [0, 0.1) is 0 Å². The highest BCUT2D eigenvalue weighted by Gasteiger charge is 2.31. The van der Waals surface area contributed by atoms with Crippen molar-refractivity contribution in [2.24, 2.45) is 0 Å². The van der Waals surface area contributed by atoms with E-state index >= 15 is 0 Å². The molecule has 2 heterocycles. The van der Waals surface area contributed by atoms with Crippen molar-refractivity contribution in [1.82, 2.24) is 4.90 Å². The van der Waals surface area contributed by atoms with Crippen LogP contribution in [-0.2, 0) is 11.2 Å². The first-order valence-electron chi connectivity index (χ1n) is 11.2. The zero-order valence-electron chi connectivity index (χ0n) is 19.3. The average molecular weight is 516 g/mol. The van der Waals surface area contributed by atoms with Gasteiger partial charge in [0.1, 0.15) is 15.7 Å². The van der Waals surface area contributed by atoms with Crippen LogP contribution in [0.5, 0.6) is 5.75 Å². The monoisotopic (exact) mass is 515 g/mol. The maximum Gasteiger partial charge on any atom is 0.335 e. The molecule has 0 saturated carbocycles. The Bertz CT molecular complexity index is 1520. The number of rotatable bonds is 7. The summed E-state index contributed by atoms with van der Waals surface area (Å²) in [4.78, 5) is 26.3. The van der Waals surface area contributed by atoms with Gasteiger partial charge in [0.15, 0.2) is 0 Å². The number of furan rings is 1. The van der Waals surface area contributed by atoms with E-state index in [1.165, 1.54) is 11.8 Å². The number of aromatic carboxylic acids is 1. The lowest BCUT2D eigenvalue weighted by molar-refractivity contribution is -0.122. The Morgan fingerprint density at radius 1 is 1.11 bits per heavy atom. The number of carbonyl (C=O) groups excluding carboxylic acids is 1. The zero-order chi connectivity index (χ0) is 25.2. The van der Waals surface area contributed by atoms with E-state index in [1.807, 2.05) is 48.5 Å². The molecule has 1 amide bonds. The molecule has 36 heavy (non-hydrogen) atoms. The zero-order valence-corrected chi connectivity index (χ0v) is 20.9. The van der Waals surface area contributed by atoms with Crippen molar-refractivity contribution in [2.75, 3.05) is 13.7 Å². The van der Waals surface area contributed by atoms with Crippen molar-refractivity contribution < 1.29 is 23.8 Å². The first-order valence-corrected chi connectivity index (χ1v) is 12.4. The molecule has 8 heteroatoms. The van der Waals surface area contributed by atoms with Gasteiger partial charge in [-0.15, -0.1) is 0 Å². The number of carboxylic acid groups (broad SMARTS) is 1. The summed E-state index contributed by atoms with van der Waals surface area (Å²) in [7, 11) is 1.63. The molecule has 0 atom stereocenters. The summed E-state index contributed by atoms with van der Waals surface area (Å²) in [5.74, 6) is -0.367. The minimum Gasteiger partial charge on any atom is -0.496 e. The second-order valence-corrected chi connectivity index (χ2v) is 9.89. The molecule has 0 radical (unpaired) electrons. The van der Waals surface area contributed by atoms with Crippen LogP contribution in [0.1, 0.15) is 21.5 Å². The highest BCUT2D eigenvalue weighted by molar-refractivity contribution is 8.26. The third-order valence-electron chi connectivity index (χ3n) is 5.98. The first-order chi connectivity index (χ1) is 17.4. The number of carbonyl (C=O) groups is 2. The molecule has 180 valence electrons. The lowest BCUT2D eigenvalue weighted by atomic mass is 10.0. The predicted octanol–water partition coefficient (Wildman–Crippen LogP) is 6.25. The molecule has 6 nitrogen and oxygen atoms in total. The standard InChI is InChI=1S/C28H21NO5S2/c1-33-24-8-4-18(14-22(24)20-7-9-23-21(16-20)11-13-34-23)15-25-26(30)29(28(35)36-25)12-10-17-2-5-19(6-3-17)27(31)32/h2-9,11,13-16H,10,12H2,1H3,(H,31,32). The molecule has 0 bridgehead atoms. The molecule has 5 rings (SSSR count). The van der Waals surface area contributed by atoms with Gasteiger partial charge in [-0.25, -0.2) is 4.79 Å². The van der Waals surface area contributed by atoms with Gasteiger partial charge in [-0.3, -0.25) is 9.69 Å². The Labute approximate surface area is 217 Å². The Morgan fingerprint density at radius 2 is 1.92 bits per heavy atom. The number of fused-ring (bicyclic) bond motifs is 1. The molecule has 1 aliphatic rings. The van der Waals surface area contributed by atoms with Crippen LogP contribution >= 0.6 is 24.0 Å². The molecule has 1 aromatic heterocycles. The normalized spacial score (nSPS) is 14.7. The van der Waals surface area contributed by atoms with Gasteiger partial charge in [-0.1, -0.05) is 48.2 Å². The molecule has 1 fully saturated rings. The van der Waals surface area contributed by atoms with E-state index < -0.39 is 5.97 Å². The lowest BCUT2D eigenvalue weighted by Crippen LogP contribution is -2.30. The number of nitrogens with zero attached hydrogens (tertiary/aromatic N) is 1. The second-order valence-electron chi connectivity index (χ2n) is 8.22. The number of hydrogen-bond acceptors (Lipinski definition) is 6. The Hall–Kier alpha value is -3.88. The predicted molar refractivity (Wildman–Crippen MR) is 145 cm³/mol. The highest BCUT2D eigenvalue weighted by atomic mass is 32.2. The lowest BCUT2D eigenvalue weighted by Gasteiger charge is -2.14. The van der Waals surface area contributed by atoms with Crippen LogP contribution < -0.4 is 4.74 Å². The molecule has 3 aromatic carbocycles. The Kier molecular flexibility index (Phi) is 6.63. The van der Waals surface area contributed by atoms with Gasteiger partial charge in [0.2, 0.25) is 0 Å². The summed E-state index contributed by atoms with van der Waals surface area (Å²) in [5.41, 5.74) is 4.74. The third-order valence-corrected chi connectivity index (χ3v) is 7.36. The Balaban J connectivity index is 1.36. The van der Waals surface area contributed by atoms with Crippen LogP contribution in [0.3, 0.4) is 0 Å². The summed E-state index contributed by atoms with van der Waals surface area (Å²) >= 11 is 6.76. The minimum atomic E-state index is -0.965. The van der Waals surface area contributed by atoms with E-state index in [4.69, 9.17) is 26.5 Å². The Morgan fingerprint density at radius 3 is 2.67 bits per heavy atom. The van der Waals surface area contributed by atoms with Gasteiger partial charge in [-0.2, -0.15) is 0 Å². The molecular formula is C28H21NO5S2. The number of carboxylic acids is 1. The van der Waals surface area contributed by atoms with E-state index in [1.54, 1.807) is 42.5 Å². The van der Waals surface area contributed by atoms with E-state index in [0.717, 1.165) is 39.0 Å². The van der Waals surface area contributed by atoms with Crippen LogP contribution in [0.15, 0.2) is 82.3 Å². The van der Waals surface area contributed by atoms with Gasteiger partial charge in [0.05, 0.1) is 23.8 Å². The number of thiocarbonyl (C=S) groups is 1. The number of ether oxygens (including phenoxy) is 1. The van der Waals surface area contributed by atoms with Crippen molar-refractivity contribution >= 4 is 57.2 Å². The molecule has 0 unspecified atom stereocenters. The summed E-state index contributed by atoms with van der Waals surface area (Å²) in [5, 5.41) is 10.1. The van der Waals surface area contributed by atoms with Crippen LogP contribution in [-0.4, -0.2) is 39.9 Å². The van der Waals surface area contributed by atoms with Crippen molar-refractivity contribution in [3.63, 3.8) is 0 Å². The molecule has 4 aromatic rings. The van der Waals surface area contributed by atoms with E-state index in [2.05, 4.69) is 0 Å². The number of benzene rings is 3. The number of hydrogen-bond donors (Lipinski definition) is 1. The van der Waals surface area contributed by atoms with Gasteiger partial charge in [0.25, 0.3) is 5.91 Å². The quantitative estimate of drug-likeness (QED) is 0.230. The highest BCUT2D eigenvalue weighted by Crippen LogP contribution is 2.36. The fourth-order valence-corrected chi connectivity index (χ4v) is 5.38. The van der Waals surface area contributed by atoms with Gasteiger partial charge >= 0.3 is 5.97 Å².